The van der Waals surface area contributed by atoms with E-state index in [1.54, 1.807) is 12.4 Å². The lowest BCUT2D eigenvalue weighted by Gasteiger charge is -2.04. The van der Waals surface area contributed by atoms with Gasteiger partial charge < -0.3 is 0 Å². The molecule has 7 heteroatoms. The molecule has 0 aromatic carbocycles. The maximum Gasteiger partial charge on any atom is 0.269 e. The predicted molar refractivity (Wildman–Crippen MR) is 94.2 cm³/mol. The van der Waals surface area contributed by atoms with Crippen LogP contribution in [0.25, 0.3) is 11.3 Å². The van der Waals surface area contributed by atoms with Crippen LogP contribution in [0.5, 0.6) is 0 Å². The second-order valence-corrected chi connectivity index (χ2v) is 7.40. The van der Waals surface area contributed by atoms with Crippen LogP contribution in [-0.2, 0) is 0 Å². The minimum atomic E-state index is -0.147. The Bertz CT molecular complexity index is 824. The second kappa shape index (κ2) is 6.55. The lowest BCUT2D eigenvalue weighted by Crippen LogP contribution is -2.12. The highest BCUT2D eigenvalue weighted by atomic mass is 32.1. The van der Waals surface area contributed by atoms with Crippen molar-refractivity contribution in [2.24, 2.45) is 0 Å². The van der Waals surface area contributed by atoms with E-state index in [9.17, 15) is 4.79 Å². The summed E-state index contributed by atoms with van der Waals surface area (Å²) in [6, 6.07) is 3.80. The molecule has 3 rings (SSSR count). The number of anilines is 1. The number of nitrogens with zero attached hydrogens (tertiary/aromatic N) is 3. The quantitative estimate of drug-likeness (QED) is 0.764. The molecule has 3 heterocycles. The zero-order valence-electron chi connectivity index (χ0n) is 13.0. The van der Waals surface area contributed by atoms with Gasteiger partial charge in [0.05, 0.1) is 16.4 Å². The number of amides is 1. The zero-order chi connectivity index (χ0) is 16.4. The van der Waals surface area contributed by atoms with Gasteiger partial charge in [-0.1, -0.05) is 13.8 Å². The van der Waals surface area contributed by atoms with E-state index in [1.807, 2.05) is 38.3 Å². The van der Waals surface area contributed by atoms with E-state index in [-0.39, 0.29) is 11.8 Å². The van der Waals surface area contributed by atoms with Crippen LogP contribution in [0.2, 0.25) is 0 Å². The summed E-state index contributed by atoms with van der Waals surface area (Å²) in [7, 11) is 0. The van der Waals surface area contributed by atoms with Crippen molar-refractivity contribution in [3.63, 3.8) is 0 Å². The third kappa shape index (κ3) is 3.46. The highest BCUT2D eigenvalue weighted by Gasteiger charge is 2.20. The molecule has 0 unspecified atom stereocenters. The molecule has 23 heavy (non-hydrogen) atoms. The van der Waals surface area contributed by atoms with Gasteiger partial charge in [-0.15, -0.1) is 22.7 Å². The molecule has 118 valence electrons. The van der Waals surface area contributed by atoms with Crippen LogP contribution in [-0.4, -0.2) is 20.9 Å². The predicted octanol–water partition coefficient (Wildman–Crippen LogP) is 4.35. The molecule has 0 atom stereocenters. The number of rotatable bonds is 4. The second-order valence-electron chi connectivity index (χ2n) is 5.34. The minimum Gasteiger partial charge on any atom is -0.297 e. The standard InChI is InChI=1S/C16H16N4OS2/c1-9(2)13-14(23-10(3)18-13)15(21)20-16-19-12(8-22-16)11-5-4-6-17-7-11/h4-9H,1-3H3,(H,19,20,21). The van der Waals surface area contributed by atoms with Crippen molar-refractivity contribution < 1.29 is 4.79 Å². The number of hydrogen-bond acceptors (Lipinski definition) is 6. The molecule has 0 aliphatic carbocycles. The van der Waals surface area contributed by atoms with E-state index in [0.29, 0.717) is 10.0 Å². The van der Waals surface area contributed by atoms with Crippen molar-refractivity contribution in [3.05, 3.63) is 45.5 Å². The molecule has 3 aromatic heterocycles. The van der Waals surface area contributed by atoms with Gasteiger partial charge in [0.25, 0.3) is 5.91 Å². The highest BCUT2D eigenvalue weighted by molar-refractivity contribution is 7.15. The first-order valence-electron chi connectivity index (χ1n) is 7.19. The maximum atomic E-state index is 12.5. The molecule has 3 aromatic rings. The van der Waals surface area contributed by atoms with Gasteiger partial charge >= 0.3 is 0 Å². The number of pyridine rings is 1. The first kappa shape index (κ1) is 15.8. The maximum absolute atomic E-state index is 12.5. The minimum absolute atomic E-state index is 0.147. The van der Waals surface area contributed by atoms with Gasteiger partial charge in [0.15, 0.2) is 5.13 Å². The van der Waals surface area contributed by atoms with E-state index in [1.165, 1.54) is 22.7 Å². The van der Waals surface area contributed by atoms with Gasteiger partial charge in [-0.25, -0.2) is 9.97 Å². The molecular formula is C16H16N4OS2. The third-order valence-corrected chi connectivity index (χ3v) is 4.94. The van der Waals surface area contributed by atoms with Crippen LogP contribution >= 0.6 is 22.7 Å². The number of aromatic nitrogens is 3. The van der Waals surface area contributed by atoms with Crippen molar-refractivity contribution in [2.75, 3.05) is 5.32 Å². The number of nitrogens with one attached hydrogen (secondary N) is 1. The Labute approximate surface area is 142 Å². The Kier molecular flexibility index (Phi) is 4.49. The Balaban J connectivity index is 1.80. The van der Waals surface area contributed by atoms with E-state index in [4.69, 9.17) is 0 Å². The normalized spacial score (nSPS) is 11.0. The topological polar surface area (TPSA) is 67.8 Å². The summed E-state index contributed by atoms with van der Waals surface area (Å²) in [5, 5.41) is 6.26. The Morgan fingerprint density at radius 2 is 2.13 bits per heavy atom. The lowest BCUT2D eigenvalue weighted by molar-refractivity contribution is 0.102. The molecule has 1 amide bonds. The lowest BCUT2D eigenvalue weighted by atomic mass is 10.1. The van der Waals surface area contributed by atoms with E-state index in [0.717, 1.165) is 22.0 Å². The fourth-order valence-electron chi connectivity index (χ4n) is 2.13. The first-order chi connectivity index (χ1) is 11.0. The van der Waals surface area contributed by atoms with Crippen LogP contribution in [0, 0.1) is 6.92 Å². The van der Waals surface area contributed by atoms with Gasteiger partial charge in [0, 0.05) is 23.3 Å². The van der Waals surface area contributed by atoms with Gasteiger partial charge in [-0.2, -0.15) is 0 Å². The summed E-state index contributed by atoms with van der Waals surface area (Å²) in [5.41, 5.74) is 2.58. The smallest absolute Gasteiger partial charge is 0.269 e. The molecule has 0 saturated carbocycles. The van der Waals surface area contributed by atoms with Crippen LogP contribution in [0.3, 0.4) is 0 Å². The third-order valence-electron chi connectivity index (χ3n) is 3.20. The molecule has 1 N–H and O–H groups in total. The molecule has 0 aliphatic heterocycles. The van der Waals surface area contributed by atoms with E-state index >= 15 is 0 Å². The number of aryl methyl sites for hydroxylation is 1. The van der Waals surface area contributed by atoms with Gasteiger partial charge in [-0.05, 0) is 25.0 Å². The monoisotopic (exact) mass is 344 g/mol. The number of thiazole rings is 2. The number of carbonyl (C=O) groups is 1. The molecule has 0 spiro atoms. The van der Waals surface area contributed by atoms with Gasteiger partial charge in [-0.3, -0.25) is 15.1 Å². The van der Waals surface area contributed by atoms with Crippen LogP contribution in [0.15, 0.2) is 29.9 Å². The molecule has 0 radical (unpaired) electrons. The molecule has 5 nitrogen and oxygen atoms in total. The van der Waals surface area contributed by atoms with Crippen molar-refractivity contribution in [1.82, 2.24) is 15.0 Å². The summed E-state index contributed by atoms with van der Waals surface area (Å²) in [5.74, 6) is 0.0642. The van der Waals surface area contributed by atoms with Crippen molar-refractivity contribution >= 4 is 33.7 Å². The van der Waals surface area contributed by atoms with Crippen LogP contribution < -0.4 is 5.32 Å². The Morgan fingerprint density at radius 3 is 2.83 bits per heavy atom. The average Bonchev–Trinajstić information content (AvgIpc) is 3.15. The Morgan fingerprint density at radius 1 is 1.30 bits per heavy atom. The van der Waals surface area contributed by atoms with Crippen molar-refractivity contribution in [1.29, 1.82) is 0 Å². The van der Waals surface area contributed by atoms with E-state index in [2.05, 4.69) is 20.3 Å². The summed E-state index contributed by atoms with van der Waals surface area (Å²) >= 11 is 2.82. The molecular weight excluding hydrogens is 328 g/mol. The SMILES string of the molecule is Cc1nc(C(C)C)c(C(=O)Nc2nc(-c3cccnc3)cs2)s1. The summed E-state index contributed by atoms with van der Waals surface area (Å²) in [6.07, 6.45) is 3.47. The summed E-state index contributed by atoms with van der Waals surface area (Å²) in [4.78, 5) is 26.2. The van der Waals surface area contributed by atoms with E-state index < -0.39 is 0 Å². The fourth-order valence-corrected chi connectivity index (χ4v) is 3.81. The van der Waals surface area contributed by atoms with Gasteiger partial charge in [0.2, 0.25) is 0 Å². The first-order valence-corrected chi connectivity index (χ1v) is 8.89. The molecule has 0 bridgehead atoms. The Hall–Kier alpha value is -2.12. The largest absolute Gasteiger partial charge is 0.297 e. The summed E-state index contributed by atoms with van der Waals surface area (Å²) in [6.45, 7) is 5.99. The van der Waals surface area contributed by atoms with Crippen molar-refractivity contribution in [3.8, 4) is 11.3 Å². The number of carbonyl (C=O) groups excluding carboxylic acids is 1. The van der Waals surface area contributed by atoms with Crippen molar-refractivity contribution in [2.45, 2.75) is 26.7 Å². The van der Waals surface area contributed by atoms with Crippen LogP contribution in [0.4, 0.5) is 5.13 Å². The molecule has 0 saturated heterocycles. The van der Waals surface area contributed by atoms with Gasteiger partial charge in [0.1, 0.15) is 4.88 Å². The average molecular weight is 344 g/mol. The fraction of sp³-hybridized carbons (Fsp3) is 0.250. The number of hydrogen-bond donors (Lipinski definition) is 1. The zero-order valence-corrected chi connectivity index (χ0v) is 14.7. The molecule has 0 fully saturated rings. The highest BCUT2D eigenvalue weighted by Crippen LogP contribution is 2.28. The van der Waals surface area contributed by atoms with Crippen LogP contribution in [0.1, 0.15) is 40.1 Å². The molecule has 0 aliphatic rings. The summed E-state index contributed by atoms with van der Waals surface area (Å²) < 4.78 is 0.